The molecule has 4 nitrogen and oxygen atoms in total. The van der Waals surface area contributed by atoms with Gasteiger partial charge in [-0.25, -0.2) is 4.39 Å². The molecule has 1 heterocycles. The van der Waals surface area contributed by atoms with Crippen LogP contribution >= 0.6 is 0 Å². The number of carbonyl (C=O) groups excluding carboxylic acids is 1. The van der Waals surface area contributed by atoms with E-state index >= 15 is 0 Å². The summed E-state index contributed by atoms with van der Waals surface area (Å²) in [6.07, 6.45) is 0.757. The minimum absolute atomic E-state index is 0.238. The van der Waals surface area contributed by atoms with Gasteiger partial charge < -0.3 is 14.8 Å². The van der Waals surface area contributed by atoms with Crippen molar-refractivity contribution in [2.24, 2.45) is 0 Å². The number of methoxy groups -OCH3 is 1. The van der Waals surface area contributed by atoms with E-state index in [-0.39, 0.29) is 11.7 Å². The molecule has 1 unspecified atom stereocenters. The van der Waals surface area contributed by atoms with Crippen LogP contribution < -0.4 is 5.32 Å². The summed E-state index contributed by atoms with van der Waals surface area (Å²) < 4.78 is 23.4. The maximum absolute atomic E-state index is 12.7. The Morgan fingerprint density at radius 1 is 1.50 bits per heavy atom. The van der Waals surface area contributed by atoms with Gasteiger partial charge in [-0.3, -0.25) is 4.79 Å². The summed E-state index contributed by atoms with van der Waals surface area (Å²) in [5.74, 6) is -0.595. The van der Waals surface area contributed by atoms with Gasteiger partial charge in [-0.1, -0.05) is 0 Å². The van der Waals surface area contributed by atoms with Crippen molar-refractivity contribution in [1.82, 2.24) is 5.32 Å². The van der Waals surface area contributed by atoms with Gasteiger partial charge >= 0.3 is 0 Å². The van der Waals surface area contributed by atoms with Gasteiger partial charge in [-0.2, -0.15) is 0 Å². The summed E-state index contributed by atoms with van der Waals surface area (Å²) in [5.41, 5.74) is -0.00282. The van der Waals surface area contributed by atoms with Gasteiger partial charge in [0.2, 0.25) is 0 Å². The number of rotatable bonds is 4. The molecule has 5 heteroatoms. The van der Waals surface area contributed by atoms with E-state index in [4.69, 9.17) is 9.47 Å². The first-order valence-electron chi connectivity index (χ1n) is 5.82. The molecule has 1 atom stereocenters. The van der Waals surface area contributed by atoms with Crippen LogP contribution in [-0.4, -0.2) is 38.4 Å². The molecule has 0 saturated carbocycles. The van der Waals surface area contributed by atoms with Crippen LogP contribution in [-0.2, 0) is 9.47 Å². The van der Waals surface area contributed by atoms with Crippen LogP contribution in [0.25, 0.3) is 0 Å². The topological polar surface area (TPSA) is 47.6 Å². The molecule has 1 N–H and O–H groups in total. The minimum Gasteiger partial charge on any atom is -0.378 e. The quantitative estimate of drug-likeness (QED) is 0.881. The highest BCUT2D eigenvalue weighted by atomic mass is 19.1. The Balaban J connectivity index is 1.93. The van der Waals surface area contributed by atoms with Gasteiger partial charge in [0.1, 0.15) is 11.4 Å². The SMILES string of the molecule is COC1(CNC(=O)c2ccc(F)cc2)CCOC1. The number of halogens is 1. The Morgan fingerprint density at radius 3 is 2.78 bits per heavy atom. The van der Waals surface area contributed by atoms with Crippen molar-refractivity contribution in [3.63, 3.8) is 0 Å². The lowest BCUT2D eigenvalue weighted by molar-refractivity contribution is -0.0148. The second kappa shape index (κ2) is 5.46. The van der Waals surface area contributed by atoms with E-state index in [1.54, 1.807) is 7.11 Å². The summed E-state index contributed by atoms with van der Waals surface area (Å²) in [6, 6.07) is 5.43. The molecule has 1 aliphatic rings. The standard InChI is InChI=1S/C13H16FNO3/c1-17-13(6-7-18-9-13)8-15-12(16)10-2-4-11(14)5-3-10/h2-5H,6-9H2,1H3,(H,15,16). The third kappa shape index (κ3) is 2.86. The van der Waals surface area contributed by atoms with E-state index in [1.165, 1.54) is 24.3 Å². The van der Waals surface area contributed by atoms with Gasteiger partial charge in [-0.15, -0.1) is 0 Å². The average Bonchev–Trinajstić information content (AvgIpc) is 2.86. The van der Waals surface area contributed by atoms with Crippen LogP contribution in [0.4, 0.5) is 4.39 Å². The zero-order chi connectivity index (χ0) is 13.0. The first-order valence-corrected chi connectivity index (χ1v) is 5.82. The predicted octanol–water partition coefficient (Wildman–Crippen LogP) is 1.36. The highest BCUT2D eigenvalue weighted by Crippen LogP contribution is 2.21. The molecule has 1 saturated heterocycles. The number of hydrogen-bond acceptors (Lipinski definition) is 3. The van der Waals surface area contributed by atoms with Crippen LogP contribution in [0.3, 0.4) is 0 Å². The molecule has 2 rings (SSSR count). The fraction of sp³-hybridized carbons (Fsp3) is 0.462. The van der Waals surface area contributed by atoms with Crippen LogP contribution in [0, 0.1) is 5.82 Å². The molecular weight excluding hydrogens is 237 g/mol. The van der Waals surface area contributed by atoms with Crippen molar-refractivity contribution in [2.75, 3.05) is 26.9 Å². The van der Waals surface area contributed by atoms with Crippen LogP contribution in [0.5, 0.6) is 0 Å². The summed E-state index contributed by atoms with van der Waals surface area (Å²) >= 11 is 0. The lowest BCUT2D eigenvalue weighted by Crippen LogP contribution is -2.45. The molecule has 1 fully saturated rings. The summed E-state index contributed by atoms with van der Waals surface area (Å²) in [6.45, 7) is 1.51. The third-order valence-corrected chi connectivity index (χ3v) is 3.18. The van der Waals surface area contributed by atoms with Crippen molar-refractivity contribution in [3.05, 3.63) is 35.6 Å². The molecule has 0 aliphatic carbocycles. The first-order chi connectivity index (χ1) is 8.65. The number of amides is 1. The van der Waals surface area contributed by atoms with Crippen molar-refractivity contribution in [1.29, 1.82) is 0 Å². The molecule has 1 amide bonds. The molecule has 0 radical (unpaired) electrons. The molecule has 0 aromatic heterocycles. The van der Waals surface area contributed by atoms with E-state index in [9.17, 15) is 9.18 Å². The van der Waals surface area contributed by atoms with E-state index < -0.39 is 5.60 Å². The monoisotopic (exact) mass is 253 g/mol. The maximum Gasteiger partial charge on any atom is 0.251 e. The molecule has 98 valence electrons. The van der Waals surface area contributed by atoms with E-state index in [0.29, 0.717) is 25.3 Å². The lowest BCUT2D eigenvalue weighted by atomic mass is 10.0. The van der Waals surface area contributed by atoms with Gasteiger partial charge in [0.15, 0.2) is 0 Å². The molecule has 1 aromatic carbocycles. The predicted molar refractivity (Wildman–Crippen MR) is 63.9 cm³/mol. The van der Waals surface area contributed by atoms with Gasteiger partial charge in [0.25, 0.3) is 5.91 Å². The molecule has 1 aromatic rings. The van der Waals surface area contributed by atoms with Gasteiger partial charge in [0, 0.05) is 32.2 Å². The van der Waals surface area contributed by atoms with Crippen LogP contribution in [0.1, 0.15) is 16.8 Å². The molecule has 0 spiro atoms. The Bertz CT molecular complexity index is 413. The molecule has 0 bridgehead atoms. The zero-order valence-corrected chi connectivity index (χ0v) is 10.2. The summed E-state index contributed by atoms with van der Waals surface area (Å²) in [7, 11) is 1.61. The second-order valence-electron chi connectivity index (χ2n) is 4.38. The molecular formula is C13H16FNO3. The molecule has 1 aliphatic heterocycles. The molecule has 18 heavy (non-hydrogen) atoms. The lowest BCUT2D eigenvalue weighted by Gasteiger charge is -2.25. The Hall–Kier alpha value is -1.46. The maximum atomic E-state index is 12.7. The number of benzene rings is 1. The van der Waals surface area contributed by atoms with Gasteiger partial charge in [0.05, 0.1) is 6.61 Å². The number of nitrogens with one attached hydrogen (secondary N) is 1. The van der Waals surface area contributed by atoms with Crippen LogP contribution in [0.2, 0.25) is 0 Å². The minimum atomic E-state index is -0.435. The van der Waals surface area contributed by atoms with Crippen molar-refractivity contribution < 1.29 is 18.7 Å². The first kappa shape index (κ1) is 13.0. The fourth-order valence-corrected chi connectivity index (χ4v) is 1.91. The Kier molecular flexibility index (Phi) is 3.93. The third-order valence-electron chi connectivity index (χ3n) is 3.18. The normalized spacial score (nSPS) is 23.0. The smallest absolute Gasteiger partial charge is 0.251 e. The second-order valence-corrected chi connectivity index (χ2v) is 4.38. The highest BCUT2D eigenvalue weighted by molar-refractivity contribution is 5.94. The van der Waals surface area contributed by atoms with E-state index in [0.717, 1.165) is 6.42 Å². The van der Waals surface area contributed by atoms with Gasteiger partial charge in [-0.05, 0) is 24.3 Å². The highest BCUT2D eigenvalue weighted by Gasteiger charge is 2.35. The summed E-state index contributed by atoms with van der Waals surface area (Å²) in [5, 5.41) is 2.79. The van der Waals surface area contributed by atoms with Crippen molar-refractivity contribution in [3.8, 4) is 0 Å². The number of ether oxygens (including phenoxy) is 2. The largest absolute Gasteiger partial charge is 0.378 e. The zero-order valence-electron chi connectivity index (χ0n) is 10.2. The van der Waals surface area contributed by atoms with E-state index in [1.807, 2.05) is 0 Å². The van der Waals surface area contributed by atoms with Crippen LogP contribution in [0.15, 0.2) is 24.3 Å². The van der Waals surface area contributed by atoms with E-state index in [2.05, 4.69) is 5.32 Å². The van der Waals surface area contributed by atoms with Crippen molar-refractivity contribution in [2.45, 2.75) is 12.0 Å². The average molecular weight is 253 g/mol. The van der Waals surface area contributed by atoms with Crippen molar-refractivity contribution >= 4 is 5.91 Å². The Morgan fingerprint density at radius 2 is 2.22 bits per heavy atom. The number of carbonyl (C=O) groups is 1. The summed E-state index contributed by atoms with van der Waals surface area (Å²) in [4.78, 5) is 11.8. The fourth-order valence-electron chi connectivity index (χ4n) is 1.91. The number of hydrogen-bond donors (Lipinski definition) is 1. The Labute approximate surface area is 105 Å².